The van der Waals surface area contributed by atoms with Crippen molar-refractivity contribution in [2.75, 3.05) is 13.1 Å². The van der Waals surface area contributed by atoms with E-state index in [-0.39, 0.29) is 11.9 Å². The van der Waals surface area contributed by atoms with E-state index in [4.69, 9.17) is 6.42 Å². The first kappa shape index (κ1) is 21.9. The Bertz CT molecular complexity index is 1140. The molecule has 2 N–H and O–H groups in total. The number of carbonyl (C=O) groups is 2. The van der Waals surface area contributed by atoms with Gasteiger partial charge in [-0.15, -0.1) is 17.8 Å². The average molecular weight is 448 g/mol. The highest BCUT2D eigenvalue weighted by Gasteiger charge is 2.22. The van der Waals surface area contributed by atoms with Crippen LogP contribution >= 0.6 is 11.3 Å². The molecule has 2 aromatic heterocycles. The van der Waals surface area contributed by atoms with Gasteiger partial charge in [-0.25, -0.2) is 4.98 Å². The monoisotopic (exact) mass is 447 g/mol. The molecule has 7 nitrogen and oxygen atoms in total. The third-order valence-corrected chi connectivity index (χ3v) is 6.81. The molecular weight excluding hydrogens is 422 g/mol. The number of hydrogen-bond acceptors (Lipinski definition) is 6. The molecule has 0 aliphatic carbocycles. The summed E-state index contributed by atoms with van der Waals surface area (Å²) in [6.07, 6.45) is 10.1. The number of benzene rings is 1. The molecule has 0 atom stereocenters. The second-order valence-corrected chi connectivity index (χ2v) is 9.10. The van der Waals surface area contributed by atoms with Crippen LogP contribution in [0.15, 0.2) is 30.5 Å². The quantitative estimate of drug-likeness (QED) is 0.429. The standard InChI is InChI=1S/C24H25N5O2S/c1-3-17-10-18(12-19(11-17)15-30)14-29-8-5-20(6-9-29)27-23(31)13-22-16(2)26-24(32-22)21-4-7-25-28-21/h1,4,7,10-12,15,20H,5-6,8-9,13-14H2,2H3,(H,25,28)(H,27,31). The summed E-state index contributed by atoms with van der Waals surface area (Å²) in [5.74, 6) is 2.64. The smallest absolute Gasteiger partial charge is 0.225 e. The molecule has 3 heterocycles. The second-order valence-electron chi connectivity index (χ2n) is 8.02. The maximum Gasteiger partial charge on any atom is 0.225 e. The van der Waals surface area contributed by atoms with Gasteiger partial charge in [-0.2, -0.15) is 5.10 Å². The van der Waals surface area contributed by atoms with Crippen molar-refractivity contribution < 1.29 is 9.59 Å². The van der Waals surface area contributed by atoms with Crippen molar-refractivity contribution >= 4 is 23.5 Å². The fourth-order valence-electron chi connectivity index (χ4n) is 3.96. The van der Waals surface area contributed by atoms with Crippen molar-refractivity contribution in [2.45, 2.75) is 38.8 Å². The van der Waals surface area contributed by atoms with E-state index in [1.807, 2.05) is 25.1 Å². The van der Waals surface area contributed by atoms with Gasteiger partial charge in [-0.3, -0.25) is 19.6 Å². The fraction of sp³-hybridized carbons (Fsp3) is 0.333. The van der Waals surface area contributed by atoms with Gasteiger partial charge in [0.1, 0.15) is 11.3 Å². The van der Waals surface area contributed by atoms with E-state index in [0.717, 1.165) is 71.2 Å². The van der Waals surface area contributed by atoms with E-state index in [1.54, 1.807) is 12.3 Å². The first-order valence-corrected chi connectivity index (χ1v) is 11.4. The van der Waals surface area contributed by atoms with Crippen molar-refractivity contribution in [3.63, 3.8) is 0 Å². The summed E-state index contributed by atoms with van der Waals surface area (Å²) in [7, 11) is 0. The second kappa shape index (κ2) is 9.90. The van der Waals surface area contributed by atoms with Gasteiger partial charge in [0.25, 0.3) is 0 Å². The van der Waals surface area contributed by atoms with Crippen LogP contribution in [0.1, 0.15) is 44.9 Å². The lowest BCUT2D eigenvalue weighted by atomic mass is 10.0. The highest BCUT2D eigenvalue weighted by molar-refractivity contribution is 7.15. The Labute approximate surface area is 191 Å². The molecule has 1 saturated heterocycles. The van der Waals surface area contributed by atoms with Crippen LogP contribution in [-0.4, -0.2) is 51.4 Å². The van der Waals surface area contributed by atoms with E-state index in [9.17, 15) is 9.59 Å². The Balaban J connectivity index is 1.28. The fourth-order valence-corrected chi connectivity index (χ4v) is 5.00. The predicted molar refractivity (Wildman–Crippen MR) is 124 cm³/mol. The SMILES string of the molecule is C#Cc1cc(C=O)cc(CN2CCC(NC(=O)Cc3sc(-c4ccn[nH]4)nc3C)CC2)c1. The summed E-state index contributed by atoms with van der Waals surface area (Å²) in [4.78, 5) is 31.6. The van der Waals surface area contributed by atoms with Crippen molar-refractivity contribution in [1.82, 2.24) is 25.4 Å². The van der Waals surface area contributed by atoms with Gasteiger partial charge < -0.3 is 5.32 Å². The van der Waals surface area contributed by atoms with E-state index in [2.05, 4.69) is 31.3 Å². The molecule has 8 heteroatoms. The Hall–Kier alpha value is -3.28. The van der Waals surface area contributed by atoms with Gasteiger partial charge in [0.05, 0.1) is 17.8 Å². The van der Waals surface area contributed by atoms with Crippen LogP contribution in [0.3, 0.4) is 0 Å². The zero-order valence-electron chi connectivity index (χ0n) is 17.9. The van der Waals surface area contributed by atoms with E-state index in [0.29, 0.717) is 12.0 Å². The molecule has 0 saturated carbocycles. The van der Waals surface area contributed by atoms with E-state index in [1.165, 1.54) is 11.3 Å². The van der Waals surface area contributed by atoms with Crippen molar-refractivity contribution in [2.24, 2.45) is 0 Å². The van der Waals surface area contributed by atoms with Crippen LogP contribution in [0.4, 0.5) is 0 Å². The van der Waals surface area contributed by atoms with Gasteiger partial charge >= 0.3 is 0 Å². The minimum absolute atomic E-state index is 0.0312. The van der Waals surface area contributed by atoms with Crippen LogP contribution in [-0.2, 0) is 17.8 Å². The topological polar surface area (TPSA) is 91.0 Å². The lowest BCUT2D eigenvalue weighted by Gasteiger charge is -2.32. The largest absolute Gasteiger partial charge is 0.353 e. The van der Waals surface area contributed by atoms with Gasteiger partial charge in [0.2, 0.25) is 5.91 Å². The molecule has 164 valence electrons. The molecule has 32 heavy (non-hydrogen) atoms. The summed E-state index contributed by atoms with van der Waals surface area (Å²) in [5, 5.41) is 10.9. The number of nitrogens with one attached hydrogen (secondary N) is 2. The van der Waals surface area contributed by atoms with Crippen molar-refractivity contribution in [1.29, 1.82) is 0 Å². The Morgan fingerprint density at radius 3 is 2.88 bits per heavy atom. The van der Waals surface area contributed by atoms with Crippen LogP contribution in [0.25, 0.3) is 10.7 Å². The number of aryl methyl sites for hydroxylation is 1. The number of likely N-dealkylation sites (tertiary alicyclic amines) is 1. The van der Waals surface area contributed by atoms with Gasteiger partial charge in [0.15, 0.2) is 0 Å². The molecule has 3 aromatic rings. The van der Waals surface area contributed by atoms with Gasteiger partial charge in [-0.05, 0) is 49.6 Å². The Kier molecular flexibility index (Phi) is 6.78. The normalized spacial score (nSPS) is 14.8. The summed E-state index contributed by atoms with van der Waals surface area (Å²) < 4.78 is 0. The molecule has 0 radical (unpaired) electrons. The Morgan fingerprint density at radius 2 is 2.19 bits per heavy atom. The molecular formula is C24H25N5O2S. The number of H-pyrrole nitrogens is 1. The number of carbonyl (C=O) groups excluding carboxylic acids is 2. The number of nitrogens with zero attached hydrogens (tertiary/aromatic N) is 3. The minimum Gasteiger partial charge on any atom is -0.353 e. The minimum atomic E-state index is 0.0312. The molecule has 1 amide bonds. The Morgan fingerprint density at radius 1 is 1.38 bits per heavy atom. The molecule has 1 fully saturated rings. The number of aldehydes is 1. The number of hydrogen-bond donors (Lipinski definition) is 2. The number of aromatic amines is 1. The van der Waals surface area contributed by atoms with Crippen LogP contribution in [0.2, 0.25) is 0 Å². The molecule has 0 spiro atoms. The maximum atomic E-state index is 12.6. The molecule has 0 unspecified atom stereocenters. The van der Waals surface area contributed by atoms with E-state index < -0.39 is 0 Å². The zero-order valence-corrected chi connectivity index (χ0v) is 18.7. The average Bonchev–Trinajstić information content (AvgIpc) is 3.45. The highest BCUT2D eigenvalue weighted by atomic mass is 32.1. The first-order valence-electron chi connectivity index (χ1n) is 10.6. The molecule has 4 rings (SSSR count). The molecule has 1 aliphatic heterocycles. The lowest BCUT2D eigenvalue weighted by Crippen LogP contribution is -2.44. The predicted octanol–water partition coefficient (Wildman–Crippen LogP) is 2.96. The maximum absolute atomic E-state index is 12.6. The molecule has 0 bridgehead atoms. The number of piperidine rings is 1. The van der Waals surface area contributed by atoms with Crippen LogP contribution in [0.5, 0.6) is 0 Å². The molecule has 1 aliphatic rings. The lowest BCUT2D eigenvalue weighted by molar-refractivity contribution is -0.121. The highest BCUT2D eigenvalue weighted by Crippen LogP contribution is 2.26. The third-order valence-electron chi connectivity index (χ3n) is 5.62. The summed E-state index contributed by atoms with van der Waals surface area (Å²) >= 11 is 1.52. The number of rotatable bonds is 7. The summed E-state index contributed by atoms with van der Waals surface area (Å²) in [6.45, 7) is 4.44. The molecule has 1 aromatic carbocycles. The number of thiazole rings is 1. The summed E-state index contributed by atoms with van der Waals surface area (Å²) in [6, 6.07) is 7.60. The number of terminal acetylenes is 1. The third kappa shape index (κ3) is 5.31. The zero-order chi connectivity index (χ0) is 22.5. The van der Waals surface area contributed by atoms with E-state index >= 15 is 0 Å². The van der Waals surface area contributed by atoms with Crippen molar-refractivity contribution in [3.8, 4) is 23.0 Å². The number of amides is 1. The van der Waals surface area contributed by atoms with Crippen LogP contribution in [0, 0.1) is 19.3 Å². The van der Waals surface area contributed by atoms with Gasteiger partial charge in [0, 0.05) is 47.9 Å². The van der Waals surface area contributed by atoms with Gasteiger partial charge in [-0.1, -0.05) is 5.92 Å². The summed E-state index contributed by atoms with van der Waals surface area (Å²) in [5.41, 5.74) is 4.12. The van der Waals surface area contributed by atoms with Crippen LogP contribution < -0.4 is 5.32 Å². The van der Waals surface area contributed by atoms with Crippen molar-refractivity contribution in [3.05, 3.63) is 57.7 Å². The first-order chi connectivity index (χ1) is 15.5. The number of aromatic nitrogens is 3.